The molecule has 0 bridgehead atoms. The van der Waals surface area contributed by atoms with Crippen LogP contribution in [0.4, 0.5) is 17.2 Å². The van der Waals surface area contributed by atoms with E-state index in [1.807, 2.05) is 6.07 Å². The highest BCUT2D eigenvalue weighted by atomic mass is 79.9. The molecule has 0 saturated heterocycles. The summed E-state index contributed by atoms with van der Waals surface area (Å²) in [4.78, 5) is 23.4. The maximum atomic E-state index is 11.8. The van der Waals surface area contributed by atoms with Gasteiger partial charge in [-0.1, -0.05) is 45.2 Å². The van der Waals surface area contributed by atoms with Crippen LogP contribution in [0.2, 0.25) is 10.0 Å². The molecule has 4 rings (SSSR count). The summed E-state index contributed by atoms with van der Waals surface area (Å²) in [6.07, 6.45) is 2.77. The van der Waals surface area contributed by atoms with Gasteiger partial charge in [-0.25, -0.2) is 4.98 Å². The average Bonchev–Trinajstić information content (AvgIpc) is 2.73. The van der Waals surface area contributed by atoms with Crippen molar-refractivity contribution in [3.05, 3.63) is 79.6 Å². The number of halogens is 3. The van der Waals surface area contributed by atoms with Crippen molar-refractivity contribution in [3.63, 3.8) is 0 Å². The van der Waals surface area contributed by atoms with E-state index in [-0.39, 0.29) is 11.7 Å². The van der Waals surface area contributed by atoms with Crippen LogP contribution in [-0.4, -0.2) is 19.9 Å². The topological polar surface area (TPSA) is 103 Å². The van der Waals surface area contributed by atoms with Gasteiger partial charge in [-0.2, -0.15) is 4.98 Å². The lowest BCUT2D eigenvalue weighted by Crippen LogP contribution is -2.04. The van der Waals surface area contributed by atoms with Crippen molar-refractivity contribution in [2.75, 3.05) is 5.32 Å². The fourth-order valence-corrected chi connectivity index (χ4v) is 3.45. The first-order valence-electron chi connectivity index (χ1n) is 8.36. The Balaban J connectivity index is 1.76. The van der Waals surface area contributed by atoms with Crippen molar-refractivity contribution >= 4 is 67.2 Å². The smallest absolute Gasteiger partial charge is 0.373 e. The molecule has 0 amide bonds. The predicted octanol–water partition coefficient (Wildman–Crippen LogP) is 6.54. The molecule has 150 valence electrons. The van der Waals surface area contributed by atoms with E-state index in [1.54, 1.807) is 36.5 Å². The maximum Gasteiger partial charge on any atom is 0.373 e. The van der Waals surface area contributed by atoms with E-state index < -0.39 is 10.6 Å². The molecule has 0 atom stereocenters. The van der Waals surface area contributed by atoms with E-state index >= 15 is 0 Å². The molecule has 0 aliphatic heterocycles. The van der Waals surface area contributed by atoms with Crippen molar-refractivity contribution < 1.29 is 9.66 Å². The van der Waals surface area contributed by atoms with E-state index in [1.165, 1.54) is 6.07 Å². The average molecular weight is 507 g/mol. The normalized spacial score (nSPS) is 10.8. The number of fused-ring (bicyclic) bond motifs is 1. The van der Waals surface area contributed by atoms with Gasteiger partial charge < -0.3 is 10.1 Å². The predicted molar refractivity (Wildman–Crippen MR) is 118 cm³/mol. The number of nitro groups is 1. The molecule has 0 aliphatic rings. The third-order valence-electron chi connectivity index (χ3n) is 4.04. The van der Waals surface area contributed by atoms with Crippen LogP contribution in [-0.2, 0) is 0 Å². The minimum Gasteiger partial charge on any atom is -0.431 e. The molecule has 0 radical (unpaired) electrons. The summed E-state index contributed by atoms with van der Waals surface area (Å²) < 4.78 is 6.61. The molecule has 0 fully saturated rings. The van der Waals surface area contributed by atoms with E-state index in [4.69, 9.17) is 27.9 Å². The molecule has 8 nitrogen and oxygen atoms in total. The molecule has 2 aromatic heterocycles. The molecule has 0 saturated carbocycles. The van der Waals surface area contributed by atoms with Crippen LogP contribution < -0.4 is 10.1 Å². The molecule has 2 heterocycles. The van der Waals surface area contributed by atoms with Gasteiger partial charge in [0, 0.05) is 21.7 Å². The highest BCUT2D eigenvalue weighted by Gasteiger charge is 2.26. The van der Waals surface area contributed by atoms with Crippen molar-refractivity contribution in [2.45, 2.75) is 0 Å². The van der Waals surface area contributed by atoms with E-state index in [0.717, 1.165) is 16.2 Å². The second-order valence-corrected chi connectivity index (χ2v) is 7.60. The Labute approximate surface area is 188 Å². The van der Waals surface area contributed by atoms with Gasteiger partial charge in [-0.05, 0) is 36.4 Å². The van der Waals surface area contributed by atoms with Crippen LogP contribution in [0.15, 0.2) is 59.5 Å². The number of ether oxygens (including phenoxy) is 1. The first kappa shape index (κ1) is 20.3. The van der Waals surface area contributed by atoms with Gasteiger partial charge in [0.05, 0.1) is 15.0 Å². The largest absolute Gasteiger partial charge is 0.431 e. The number of aromatic nitrogens is 3. The van der Waals surface area contributed by atoms with Crippen LogP contribution in [0.25, 0.3) is 10.9 Å². The number of benzene rings is 2. The molecule has 2 aromatic carbocycles. The number of hydrogen-bond donors (Lipinski definition) is 1. The Morgan fingerprint density at radius 3 is 2.67 bits per heavy atom. The number of nitrogens with one attached hydrogen (secondary N) is 1. The first-order valence-corrected chi connectivity index (χ1v) is 9.91. The van der Waals surface area contributed by atoms with Crippen molar-refractivity contribution in [1.29, 1.82) is 0 Å². The minimum absolute atomic E-state index is 0.0576. The zero-order chi connectivity index (χ0) is 21.3. The zero-order valence-electron chi connectivity index (χ0n) is 14.8. The van der Waals surface area contributed by atoms with E-state index in [9.17, 15) is 10.1 Å². The van der Waals surface area contributed by atoms with Gasteiger partial charge >= 0.3 is 11.6 Å². The SMILES string of the molecule is O=[N+]([O-])c1c(Nc2ccc(Cl)c(Cl)c2)ncnc1Oc1ccc(Br)c2cccnc12. The second-order valence-electron chi connectivity index (χ2n) is 5.93. The quantitative estimate of drug-likeness (QED) is 0.242. The van der Waals surface area contributed by atoms with Gasteiger partial charge in [0.1, 0.15) is 11.8 Å². The molecule has 30 heavy (non-hydrogen) atoms. The molecule has 0 aliphatic carbocycles. The van der Waals surface area contributed by atoms with Gasteiger partial charge in [-0.3, -0.25) is 15.1 Å². The fraction of sp³-hybridized carbons (Fsp3) is 0. The van der Waals surface area contributed by atoms with Gasteiger partial charge in [0.2, 0.25) is 5.82 Å². The molecular weight excluding hydrogens is 497 g/mol. The third kappa shape index (κ3) is 4.00. The Morgan fingerprint density at radius 2 is 1.90 bits per heavy atom. The molecule has 0 unspecified atom stereocenters. The van der Waals surface area contributed by atoms with Gasteiger partial charge in [0.15, 0.2) is 5.75 Å². The molecular formula is C19H10BrCl2N5O3. The summed E-state index contributed by atoms with van der Waals surface area (Å²) in [5.41, 5.74) is 0.558. The summed E-state index contributed by atoms with van der Waals surface area (Å²) in [7, 11) is 0. The number of nitrogens with zero attached hydrogens (tertiary/aromatic N) is 4. The lowest BCUT2D eigenvalue weighted by Gasteiger charge is -2.11. The maximum absolute atomic E-state index is 11.8. The Hall–Kier alpha value is -3.01. The summed E-state index contributed by atoms with van der Waals surface area (Å²) in [6, 6.07) is 11.8. The third-order valence-corrected chi connectivity index (χ3v) is 5.47. The van der Waals surface area contributed by atoms with E-state index in [2.05, 4.69) is 36.2 Å². The molecule has 0 spiro atoms. The number of hydrogen-bond acceptors (Lipinski definition) is 7. The van der Waals surface area contributed by atoms with Crippen LogP contribution >= 0.6 is 39.1 Å². The number of rotatable bonds is 5. The summed E-state index contributed by atoms with van der Waals surface area (Å²) in [5.74, 6) is 0.0284. The van der Waals surface area contributed by atoms with Crippen molar-refractivity contribution in [2.24, 2.45) is 0 Å². The molecule has 4 aromatic rings. The Morgan fingerprint density at radius 1 is 1.07 bits per heavy atom. The molecule has 11 heteroatoms. The van der Waals surface area contributed by atoms with Crippen molar-refractivity contribution in [1.82, 2.24) is 15.0 Å². The number of anilines is 2. The van der Waals surface area contributed by atoms with E-state index in [0.29, 0.717) is 27.0 Å². The van der Waals surface area contributed by atoms with Crippen LogP contribution in [0.5, 0.6) is 11.6 Å². The van der Waals surface area contributed by atoms with Crippen LogP contribution in [0, 0.1) is 10.1 Å². The first-order chi connectivity index (χ1) is 14.4. The standard InChI is InChI=1S/C19H10BrCl2N5O3/c20-12-4-6-15(16-11(12)2-1-7-23-16)30-19-17(27(28)29)18(24-9-25-19)26-10-3-5-13(21)14(22)8-10/h1-9H,(H,24,25,26). The van der Waals surface area contributed by atoms with Gasteiger partial charge in [0.25, 0.3) is 0 Å². The monoisotopic (exact) mass is 505 g/mol. The Kier molecular flexibility index (Phi) is 5.67. The van der Waals surface area contributed by atoms with Gasteiger partial charge in [-0.15, -0.1) is 0 Å². The fourth-order valence-electron chi connectivity index (χ4n) is 2.70. The molecule has 1 N–H and O–H groups in total. The minimum atomic E-state index is -0.621. The Bertz CT molecular complexity index is 1290. The lowest BCUT2D eigenvalue weighted by molar-refractivity contribution is -0.385. The van der Waals surface area contributed by atoms with Crippen LogP contribution in [0.1, 0.15) is 0 Å². The van der Waals surface area contributed by atoms with Crippen molar-refractivity contribution in [3.8, 4) is 11.6 Å². The number of pyridine rings is 1. The zero-order valence-corrected chi connectivity index (χ0v) is 17.9. The summed E-state index contributed by atoms with van der Waals surface area (Å²) >= 11 is 15.4. The van der Waals surface area contributed by atoms with Crippen LogP contribution in [0.3, 0.4) is 0 Å². The highest BCUT2D eigenvalue weighted by Crippen LogP contribution is 2.39. The highest BCUT2D eigenvalue weighted by molar-refractivity contribution is 9.10. The lowest BCUT2D eigenvalue weighted by atomic mass is 10.2. The summed E-state index contributed by atoms with van der Waals surface area (Å²) in [6.45, 7) is 0. The second kappa shape index (κ2) is 8.39. The summed E-state index contributed by atoms with van der Waals surface area (Å²) in [5, 5.41) is 16.1.